The van der Waals surface area contributed by atoms with E-state index in [4.69, 9.17) is 9.47 Å². The van der Waals surface area contributed by atoms with Crippen LogP contribution >= 0.6 is 11.3 Å². The van der Waals surface area contributed by atoms with Gasteiger partial charge in [0, 0.05) is 6.20 Å². The number of hydrogen-bond donors (Lipinski definition) is 2. The molecule has 4 rings (SSSR count). The van der Waals surface area contributed by atoms with E-state index in [0.717, 1.165) is 23.4 Å². The number of fused-ring (bicyclic) bond motifs is 1. The first kappa shape index (κ1) is 19.7. The number of anilines is 1. The van der Waals surface area contributed by atoms with Gasteiger partial charge in [-0.3, -0.25) is 15.6 Å². The largest absolute Gasteiger partial charge is 0.497 e. The summed E-state index contributed by atoms with van der Waals surface area (Å²) in [4.78, 5) is 22.0. The van der Waals surface area contributed by atoms with E-state index in [9.17, 15) is 4.79 Å². The lowest BCUT2D eigenvalue weighted by atomic mass is 10.1. The summed E-state index contributed by atoms with van der Waals surface area (Å²) in [6.45, 7) is 2.06. The number of aromatic nitrogens is 2. The number of aryl methyl sites for hydroxylation is 1. The van der Waals surface area contributed by atoms with E-state index in [2.05, 4.69) is 27.7 Å². The highest BCUT2D eigenvalue weighted by atomic mass is 32.1. The maximum Gasteiger partial charge on any atom is 0.281 e. The van der Waals surface area contributed by atoms with Crippen molar-refractivity contribution >= 4 is 33.3 Å². The fraction of sp³-hybridized carbons (Fsp3) is 0.136. The fourth-order valence-corrected chi connectivity index (χ4v) is 3.62. The summed E-state index contributed by atoms with van der Waals surface area (Å²) >= 11 is 1.31. The molecule has 0 unspecified atom stereocenters. The SMILES string of the molecule is CCc1ccccc1NNC(=O)c1cnc2sc(Oc3ccc(OC)cc3)nc2c1. The molecule has 152 valence electrons. The minimum atomic E-state index is -0.291. The number of carbonyl (C=O) groups excluding carboxylic acids is 1. The highest BCUT2D eigenvalue weighted by Gasteiger charge is 2.12. The molecule has 0 aliphatic heterocycles. The van der Waals surface area contributed by atoms with Gasteiger partial charge < -0.3 is 9.47 Å². The van der Waals surface area contributed by atoms with Gasteiger partial charge in [0.2, 0.25) is 0 Å². The van der Waals surface area contributed by atoms with Gasteiger partial charge in [0.25, 0.3) is 11.1 Å². The smallest absolute Gasteiger partial charge is 0.281 e. The van der Waals surface area contributed by atoms with Crippen molar-refractivity contribution in [2.45, 2.75) is 13.3 Å². The summed E-state index contributed by atoms with van der Waals surface area (Å²) in [7, 11) is 1.61. The Hall–Kier alpha value is -3.65. The lowest BCUT2D eigenvalue weighted by Crippen LogP contribution is -2.29. The van der Waals surface area contributed by atoms with Gasteiger partial charge in [-0.25, -0.2) is 9.97 Å². The van der Waals surface area contributed by atoms with Crippen LogP contribution in [0.4, 0.5) is 5.69 Å². The van der Waals surface area contributed by atoms with Crippen LogP contribution in [0.5, 0.6) is 16.7 Å². The molecular formula is C22H20N4O3S. The molecule has 0 saturated carbocycles. The van der Waals surface area contributed by atoms with Crippen molar-refractivity contribution in [2.75, 3.05) is 12.5 Å². The topological polar surface area (TPSA) is 85.4 Å². The quantitative estimate of drug-likeness (QED) is 0.417. The zero-order chi connectivity index (χ0) is 20.9. The van der Waals surface area contributed by atoms with Crippen LogP contribution in [0.25, 0.3) is 10.3 Å². The summed E-state index contributed by atoms with van der Waals surface area (Å²) < 4.78 is 10.9. The first-order valence-electron chi connectivity index (χ1n) is 9.39. The number of nitrogens with one attached hydrogen (secondary N) is 2. The number of nitrogens with zero attached hydrogens (tertiary/aromatic N) is 2. The van der Waals surface area contributed by atoms with Crippen molar-refractivity contribution in [1.29, 1.82) is 0 Å². The second kappa shape index (κ2) is 8.79. The Morgan fingerprint density at radius 1 is 1.10 bits per heavy atom. The van der Waals surface area contributed by atoms with Crippen molar-refractivity contribution in [1.82, 2.24) is 15.4 Å². The molecule has 7 nitrogen and oxygen atoms in total. The molecule has 0 saturated heterocycles. The first-order valence-corrected chi connectivity index (χ1v) is 10.2. The lowest BCUT2D eigenvalue weighted by molar-refractivity contribution is 0.0962. The molecule has 8 heteroatoms. The van der Waals surface area contributed by atoms with Gasteiger partial charge in [-0.15, -0.1) is 0 Å². The number of benzene rings is 2. The molecule has 0 fully saturated rings. The number of pyridine rings is 1. The van der Waals surface area contributed by atoms with Gasteiger partial charge in [-0.05, 0) is 48.4 Å². The molecule has 0 radical (unpaired) electrons. The minimum absolute atomic E-state index is 0.291. The van der Waals surface area contributed by atoms with Gasteiger partial charge in [-0.2, -0.15) is 0 Å². The monoisotopic (exact) mass is 420 g/mol. The Kier molecular flexibility index (Phi) is 5.76. The van der Waals surface area contributed by atoms with Crippen molar-refractivity contribution in [2.24, 2.45) is 0 Å². The van der Waals surface area contributed by atoms with Crippen LogP contribution in [0.15, 0.2) is 60.8 Å². The van der Waals surface area contributed by atoms with E-state index in [1.54, 1.807) is 25.3 Å². The van der Waals surface area contributed by atoms with E-state index < -0.39 is 0 Å². The average molecular weight is 420 g/mol. The van der Waals surface area contributed by atoms with E-state index in [1.807, 2.05) is 36.4 Å². The number of hydrazine groups is 1. The Labute approximate surface area is 177 Å². The van der Waals surface area contributed by atoms with Gasteiger partial charge in [0.15, 0.2) is 0 Å². The summed E-state index contributed by atoms with van der Waals surface area (Å²) in [6, 6.07) is 16.8. The fourth-order valence-electron chi connectivity index (χ4n) is 2.86. The van der Waals surface area contributed by atoms with E-state index in [-0.39, 0.29) is 5.91 Å². The molecule has 0 spiro atoms. The van der Waals surface area contributed by atoms with E-state index in [1.165, 1.54) is 17.5 Å². The number of amides is 1. The lowest BCUT2D eigenvalue weighted by Gasteiger charge is -2.11. The third kappa shape index (κ3) is 4.33. The first-order chi connectivity index (χ1) is 14.7. The van der Waals surface area contributed by atoms with Crippen LogP contribution in [-0.2, 0) is 6.42 Å². The molecule has 0 bridgehead atoms. The third-order valence-electron chi connectivity index (χ3n) is 4.46. The van der Waals surface area contributed by atoms with Crippen LogP contribution in [0.2, 0.25) is 0 Å². The zero-order valence-corrected chi connectivity index (χ0v) is 17.3. The predicted octanol–water partition coefficient (Wildman–Crippen LogP) is 4.81. The maximum atomic E-state index is 12.5. The summed E-state index contributed by atoms with van der Waals surface area (Å²) in [5.74, 6) is 1.10. The number of thiazole rings is 1. The van der Waals surface area contributed by atoms with Crippen LogP contribution in [0.3, 0.4) is 0 Å². The average Bonchev–Trinajstić information content (AvgIpc) is 3.19. The van der Waals surface area contributed by atoms with Crippen LogP contribution in [-0.4, -0.2) is 23.0 Å². The second-order valence-corrected chi connectivity index (χ2v) is 7.34. The highest BCUT2D eigenvalue weighted by molar-refractivity contribution is 7.19. The molecule has 4 aromatic rings. The van der Waals surface area contributed by atoms with Crippen LogP contribution in [0, 0.1) is 0 Å². The summed E-state index contributed by atoms with van der Waals surface area (Å²) in [6.07, 6.45) is 2.39. The molecule has 2 aromatic carbocycles. The van der Waals surface area contributed by atoms with Crippen molar-refractivity contribution < 1.29 is 14.3 Å². The second-order valence-electron chi connectivity index (χ2n) is 6.40. The highest BCUT2D eigenvalue weighted by Crippen LogP contribution is 2.31. The van der Waals surface area contributed by atoms with Gasteiger partial charge in [0.1, 0.15) is 21.8 Å². The van der Waals surface area contributed by atoms with Crippen molar-refractivity contribution in [3.63, 3.8) is 0 Å². The maximum absolute atomic E-state index is 12.5. The normalized spacial score (nSPS) is 10.6. The standard InChI is InChI=1S/C22H20N4O3S/c1-3-14-6-4-5-7-18(14)25-26-20(27)15-12-19-21(23-13-15)30-22(24-19)29-17-10-8-16(28-2)9-11-17/h4-13,25H,3H2,1-2H3,(H,26,27). The molecule has 30 heavy (non-hydrogen) atoms. The number of carbonyl (C=O) groups is 1. The number of ether oxygens (including phenoxy) is 2. The summed E-state index contributed by atoms with van der Waals surface area (Å²) in [5.41, 5.74) is 8.69. The number of rotatable bonds is 7. The summed E-state index contributed by atoms with van der Waals surface area (Å²) in [5, 5.41) is 0.454. The van der Waals surface area contributed by atoms with Crippen LogP contribution in [0.1, 0.15) is 22.8 Å². The van der Waals surface area contributed by atoms with Crippen molar-refractivity contribution in [3.05, 3.63) is 71.9 Å². The molecule has 2 N–H and O–H groups in total. The Bertz CT molecular complexity index is 1170. The van der Waals surface area contributed by atoms with E-state index in [0.29, 0.717) is 26.9 Å². The number of methoxy groups -OCH3 is 1. The van der Waals surface area contributed by atoms with Gasteiger partial charge >= 0.3 is 0 Å². The third-order valence-corrected chi connectivity index (χ3v) is 5.32. The molecule has 2 heterocycles. The van der Waals surface area contributed by atoms with Crippen molar-refractivity contribution in [3.8, 4) is 16.7 Å². The van der Waals surface area contributed by atoms with Gasteiger partial charge in [-0.1, -0.05) is 36.5 Å². The number of hydrogen-bond acceptors (Lipinski definition) is 7. The Morgan fingerprint density at radius 2 is 1.87 bits per heavy atom. The van der Waals surface area contributed by atoms with E-state index >= 15 is 0 Å². The molecule has 0 atom stereocenters. The van der Waals surface area contributed by atoms with Gasteiger partial charge in [0.05, 0.1) is 18.4 Å². The molecule has 2 aromatic heterocycles. The molecule has 1 amide bonds. The molecule has 0 aliphatic rings. The number of para-hydroxylation sites is 1. The minimum Gasteiger partial charge on any atom is -0.497 e. The Balaban J connectivity index is 1.46. The predicted molar refractivity (Wildman–Crippen MR) is 117 cm³/mol. The Morgan fingerprint density at radius 3 is 2.63 bits per heavy atom. The zero-order valence-electron chi connectivity index (χ0n) is 16.5. The van der Waals surface area contributed by atoms with Crippen LogP contribution < -0.4 is 20.3 Å². The molecule has 0 aliphatic carbocycles. The molecular weight excluding hydrogens is 400 g/mol.